The molecule has 0 N–H and O–H groups in total. The number of hydrogen-bond donors (Lipinski definition) is 0. The van der Waals surface area contributed by atoms with Crippen molar-refractivity contribution >= 4 is 16.2 Å². The molecule has 100 valence electrons. The van der Waals surface area contributed by atoms with E-state index >= 15 is 0 Å². The van der Waals surface area contributed by atoms with Crippen molar-refractivity contribution in [2.45, 2.75) is 11.1 Å². The smallest absolute Gasteiger partial charge is 0.416 e. The molecule has 0 fully saturated rings. The van der Waals surface area contributed by atoms with Gasteiger partial charge in [0, 0.05) is 0 Å². The van der Waals surface area contributed by atoms with Crippen LogP contribution >= 0.6 is 0 Å². The molecule has 1 aromatic rings. The van der Waals surface area contributed by atoms with E-state index in [9.17, 15) is 30.3 Å². The molecule has 9 heteroatoms. The summed E-state index contributed by atoms with van der Waals surface area (Å²) in [4.78, 5) is 9.81. The number of carbonyl (C=O) groups is 1. The predicted molar refractivity (Wildman–Crippen MR) is 51.1 cm³/mol. The van der Waals surface area contributed by atoms with E-state index in [0.717, 1.165) is 7.11 Å². The van der Waals surface area contributed by atoms with Crippen LogP contribution in [-0.2, 0) is 21.1 Å². The molecule has 0 heterocycles. The Balaban J connectivity index is 3.54. The van der Waals surface area contributed by atoms with E-state index in [1.807, 2.05) is 0 Å². The number of halogens is 4. The SMILES string of the molecule is COC(=O)c1cc(C(F)(F)F)cc(S(=O)(=O)F)c1. The highest BCUT2D eigenvalue weighted by molar-refractivity contribution is 7.86. The molecule has 0 amide bonds. The largest absolute Gasteiger partial charge is 0.465 e. The van der Waals surface area contributed by atoms with Crippen LogP contribution in [0.1, 0.15) is 15.9 Å². The number of carbonyl (C=O) groups excluding carboxylic acids is 1. The molecule has 1 aromatic carbocycles. The maximum absolute atomic E-state index is 12.7. The minimum atomic E-state index is -5.36. The lowest BCUT2D eigenvalue weighted by Crippen LogP contribution is -2.10. The molecule has 4 nitrogen and oxygen atoms in total. The summed E-state index contributed by atoms with van der Waals surface area (Å²) in [6, 6.07) is 0.943. The maximum Gasteiger partial charge on any atom is 0.416 e. The normalized spacial score (nSPS) is 12.3. The van der Waals surface area contributed by atoms with Crippen molar-refractivity contribution in [2.75, 3.05) is 7.11 Å². The van der Waals surface area contributed by atoms with Crippen LogP contribution in [-0.4, -0.2) is 21.5 Å². The molecule has 0 aliphatic carbocycles. The van der Waals surface area contributed by atoms with Gasteiger partial charge in [0.15, 0.2) is 0 Å². The van der Waals surface area contributed by atoms with Crippen molar-refractivity contribution in [3.63, 3.8) is 0 Å². The predicted octanol–water partition coefficient (Wildman–Crippen LogP) is 2.15. The van der Waals surface area contributed by atoms with Crippen LogP contribution in [0.4, 0.5) is 17.1 Å². The molecule has 0 aromatic heterocycles. The number of esters is 1. The fourth-order valence-corrected chi connectivity index (χ4v) is 1.67. The Kier molecular flexibility index (Phi) is 3.65. The Morgan fingerprint density at radius 1 is 1.22 bits per heavy atom. The third-order valence-corrected chi connectivity index (χ3v) is 2.74. The van der Waals surface area contributed by atoms with Crippen LogP contribution in [0.3, 0.4) is 0 Å². The van der Waals surface area contributed by atoms with E-state index in [4.69, 9.17) is 0 Å². The molecule has 0 spiro atoms. The second-order valence-corrected chi connectivity index (χ2v) is 4.52. The van der Waals surface area contributed by atoms with Crippen molar-refractivity contribution < 1.29 is 35.0 Å². The number of methoxy groups -OCH3 is 1. The van der Waals surface area contributed by atoms with Gasteiger partial charge in [-0.15, -0.1) is 3.89 Å². The fourth-order valence-electron chi connectivity index (χ4n) is 1.14. The summed E-state index contributed by atoms with van der Waals surface area (Å²) >= 11 is 0. The summed E-state index contributed by atoms with van der Waals surface area (Å²) in [5, 5.41) is 0. The second kappa shape index (κ2) is 4.56. The first-order chi connectivity index (χ1) is 8.05. The molecule has 0 unspecified atom stereocenters. The molecular weight excluding hydrogens is 280 g/mol. The molecule has 0 atom stereocenters. The first kappa shape index (κ1) is 14.4. The van der Waals surface area contributed by atoms with Crippen LogP contribution in [0.2, 0.25) is 0 Å². The Morgan fingerprint density at radius 2 is 1.78 bits per heavy atom. The number of alkyl halides is 3. The molecule has 0 saturated carbocycles. The summed E-state index contributed by atoms with van der Waals surface area (Å²) in [6.07, 6.45) is -4.91. The van der Waals surface area contributed by atoms with Crippen molar-refractivity contribution in [1.29, 1.82) is 0 Å². The molecule has 1 rings (SSSR count). The lowest BCUT2D eigenvalue weighted by Gasteiger charge is -2.09. The van der Waals surface area contributed by atoms with Crippen molar-refractivity contribution in [3.05, 3.63) is 29.3 Å². The molecule has 0 bridgehead atoms. The van der Waals surface area contributed by atoms with Gasteiger partial charge in [0.1, 0.15) is 0 Å². The van der Waals surface area contributed by atoms with Crippen molar-refractivity contribution in [3.8, 4) is 0 Å². The van der Waals surface area contributed by atoms with Gasteiger partial charge in [-0.1, -0.05) is 0 Å². The average molecular weight is 286 g/mol. The summed E-state index contributed by atoms with van der Waals surface area (Å²) < 4.78 is 75.3. The van der Waals surface area contributed by atoms with E-state index in [0.29, 0.717) is 12.1 Å². The monoisotopic (exact) mass is 286 g/mol. The molecule has 18 heavy (non-hydrogen) atoms. The highest BCUT2D eigenvalue weighted by Gasteiger charge is 2.33. The number of rotatable bonds is 2. The topological polar surface area (TPSA) is 60.4 Å². The molecule has 0 radical (unpaired) electrons. The molecule has 0 saturated heterocycles. The van der Waals surface area contributed by atoms with Crippen LogP contribution in [0.15, 0.2) is 23.1 Å². The number of ether oxygens (including phenoxy) is 1. The van der Waals surface area contributed by atoms with Crippen LogP contribution < -0.4 is 0 Å². The van der Waals surface area contributed by atoms with Crippen molar-refractivity contribution in [1.82, 2.24) is 0 Å². The zero-order valence-electron chi connectivity index (χ0n) is 8.79. The Labute approximate surface area is 99.4 Å². The number of hydrogen-bond acceptors (Lipinski definition) is 4. The average Bonchev–Trinajstić information content (AvgIpc) is 2.25. The Bertz CT molecular complexity index is 577. The number of benzene rings is 1. The van der Waals surface area contributed by atoms with Gasteiger partial charge < -0.3 is 4.74 Å². The molecule has 0 aliphatic heterocycles. The first-order valence-corrected chi connectivity index (χ1v) is 5.69. The second-order valence-electron chi connectivity index (χ2n) is 3.17. The summed E-state index contributed by atoms with van der Waals surface area (Å²) in [6.45, 7) is 0. The molecular formula is C9H6F4O4S. The Hall–Kier alpha value is -1.64. The van der Waals surface area contributed by atoms with Crippen LogP contribution in [0.25, 0.3) is 0 Å². The van der Waals surface area contributed by atoms with E-state index in [1.54, 1.807) is 0 Å². The van der Waals surface area contributed by atoms with Gasteiger partial charge in [0.25, 0.3) is 0 Å². The summed E-state index contributed by atoms with van der Waals surface area (Å²) in [5.74, 6) is -1.20. The van der Waals surface area contributed by atoms with Gasteiger partial charge in [-0.2, -0.15) is 21.6 Å². The lowest BCUT2D eigenvalue weighted by atomic mass is 10.1. The van der Waals surface area contributed by atoms with Crippen molar-refractivity contribution in [2.24, 2.45) is 0 Å². The minimum Gasteiger partial charge on any atom is -0.465 e. The maximum atomic E-state index is 12.7. The Morgan fingerprint density at radius 3 is 2.17 bits per heavy atom. The van der Waals surface area contributed by atoms with Crippen LogP contribution in [0.5, 0.6) is 0 Å². The summed E-state index contributed by atoms with van der Waals surface area (Å²) in [5.41, 5.74) is -2.16. The standard InChI is InChI=1S/C9H6F4O4S/c1-17-8(14)5-2-6(9(10,11)12)4-7(3-5)18(13,15)16/h2-4H,1H3. The molecule has 0 aliphatic rings. The van der Waals surface area contributed by atoms with E-state index in [-0.39, 0.29) is 6.07 Å². The third kappa shape index (κ3) is 3.19. The van der Waals surface area contributed by atoms with E-state index in [1.165, 1.54) is 0 Å². The van der Waals surface area contributed by atoms with Crippen LogP contribution in [0, 0.1) is 0 Å². The lowest BCUT2D eigenvalue weighted by molar-refractivity contribution is -0.137. The zero-order chi connectivity index (χ0) is 14.1. The van der Waals surface area contributed by atoms with Gasteiger partial charge in [-0.25, -0.2) is 4.79 Å². The first-order valence-electron chi connectivity index (χ1n) is 4.31. The van der Waals surface area contributed by atoms with E-state index in [2.05, 4.69) is 4.74 Å². The highest BCUT2D eigenvalue weighted by Crippen LogP contribution is 2.32. The highest BCUT2D eigenvalue weighted by atomic mass is 32.3. The summed E-state index contributed by atoms with van der Waals surface area (Å²) in [7, 11) is -4.46. The van der Waals surface area contributed by atoms with Gasteiger partial charge in [0.2, 0.25) is 0 Å². The van der Waals surface area contributed by atoms with Gasteiger partial charge in [0.05, 0.1) is 23.1 Å². The zero-order valence-corrected chi connectivity index (χ0v) is 9.60. The minimum absolute atomic E-state index is 0.0990. The van der Waals surface area contributed by atoms with E-state index < -0.39 is 38.4 Å². The van der Waals surface area contributed by atoms with Gasteiger partial charge in [-0.05, 0) is 18.2 Å². The third-order valence-electron chi connectivity index (χ3n) is 1.94. The van der Waals surface area contributed by atoms with Gasteiger partial charge >= 0.3 is 22.4 Å². The van der Waals surface area contributed by atoms with Gasteiger partial charge in [-0.3, -0.25) is 0 Å². The fraction of sp³-hybridized carbons (Fsp3) is 0.222. The quantitative estimate of drug-likeness (QED) is 0.475.